The minimum absolute atomic E-state index is 0.0404. The van der Waals surface area contributed by atoms with E-state index >= 15 is 0 Å². The molecule has 2 unspecified atom stereocenters. The maximum Gasteiger partial charge on any atom is 0.416 e. The van der Waals surface area contributed by atoms with Crippen molar-refractivity contribution in [3.63, 3.8) is 0 Å². The van der Waals surface area contributed by atoms with Gasteiger partial charge in [0.05, 0.1) is 35.8 Å². The summed E-state index contributed by atoms with van der Waals surface area (Å²) in [7, 11) is 0. The number of halogens is 3. The molecule has 3 heterocycles. The van der Waals surface area contributed by atoms with Gasteiger partial charge in [-0.15, -0.1) is 0 Å². The summed E-state index contributed by atoms with van der Waals surface area (Å²) in [4.78, 5) is 50.0. The lowest BCUT2D eigenvalue weighted by Crippen LogP contribution is -2.64. The monoisotopic (exact) mass is 695 g/mol. The van der Waals surface area contributed by atoms with Crippen molar-refractivity contribution in [3.05, 3.63) is 88.5 Å². The third kappa shape index (κ3) is 7.24. The number of amides is 3. The normalized spacial score (nSPS) is 22.5. The lowest BCUT2D eigenvalue weighted by Gasteiger charge is -2.53. The molecule has 268 valence electrons. The molecule has 1 saturated carbocycles. The Morgan fingerprint density at radius 3 is 2.24 bits per heavy atom. The van der Waals surface area contributed by atoms with Gasteiger partial charge in [-0.1, -0.05) is 55.3 Å². The van der Waals surface area contributed by atoms with Crippen LogP contribution >= 0.6 is 0 Å². The molecular weight excluding hydrogens is 651 g/mol. The number of carbonyl (C=O) groups is 2. The molecule has 3 aliphatic rings. The van der Waals surface area contributed by atoms with Crippen LogP contribution in [0.4, 0.5) is 22.8 Å². The Bertz CT molecular complexity index is 1750. The summed E-state index contributed by atoms with van der Waals surface area (Å²) in [6.07, 6.45) is -0.292. The topological polar surface area (TPSA) is 108 Å². The largest absolute Gasteiger partial charge is 0.444 e. The number of aromatic nitrogens is 2. The van der Waals surface area contributed by atoms with Crippen LogP contribution < -0.4 is 5.56 Å². The highest BCUT2D eigenvalue weighted by Gasteiger charge is 2.56. The fourth-order valence-electron chi connectivity index (χ4n) is 7.72. The smallest absolute Gasteiger partial charge is 0.416 e. The number of alkyl halides is 3. The number of likely N-dealkylation sites (tertiary alicyclic amines) is 1. The van der Waals surface area contributed by atoms with Crippen LogP contribution in [-0.4, -0.2) is 85.4 Å². The number of carbonyl (C=O) groups excluding carboxylic acids is 2. The van der Waals surface area contributed by atoms with E-state index in [0.717, 1.165) is 30.5 Å². The number of piperidine rings is 1. The Morgan fingerprint density at radius 1 is 0.940 bits per heavy atom. The molecule has 10 nitrogen and oxygen atoms in total. The minimum atomic E-state index is -4.52. The molecule has 1 aromatic heterocycles. The van der Waals surface area contributed by atoms with Crippen molar-refractivity contribution in [2.45, 2.75) is 82.8 Å². The van der Waals surface area contributed by atoms with Crippen molar-refractivity contribution in [1.82, 2.24) is 24.3 Å². The molecule has 2 aliphatic heterocycles. The van der Waals surface area contributed by atoms with Crippen molar-refractivity contribution in [2.24, 2.45) is 5.41 Å². The summed E-state index contributed by atoms with van der Waals surface area (Å²) in [5.74, 6) is 0. The van der Waals surface area contributed by atoms with Crippen LogP contribution in [-0.2, 0) is 17.5 Å². The van der Waals surface area contributed by atoms with Gasteiger partial charge >= 0.3 is 18.3 Å². The molecule has 6 rings (SSSR count). The van der Waals surface area contributed by atoms with Gasteiger partial charge in [0.1, 0.15) is 5.60 Å². The SMILES string of the molecule is CC(C)(C)OC(=O)N1CCN(C(=O)N2CCC(O)(Cn3cnc(-c4ccccc4)cc3=O)C3(CCCC3)C2)C(c2ccc(C(F)(F)F)cc2)C1. The highest BCUT2D eigenvalue weighted by Crippen LogP contribution is 2.52. The number of hydrogen-bond acceptors (Lipinski definition) is 6. The third-order valence-corrected chi connectivity index (χ3v) is 10.4. The number of urea groups is 1. The van der Waals surface area contributed by atoms with Crippen molar-refractivity contribution in [1.29, 1.82) is 0 Å². The number of hydrogen-bond donors (Lipinski definition) is 1. The van der Waals surface area contributed by atoms with Gasteiger partial charge in [0, 0.05) is 49.8 Å². The Labute approximate surface area is 289 Å². The fourth-order valence-corrected chi connectivity index (χ4v) is 7.72. The summed E-state index contributed by atoms with van der Waals surface area (Å²) < 4.78 is 47.2. The second kappa shape index (κ2) is 13.4. The number of piperazine rings is 1. The van der Waals surface area contributed by atoms with E-state index in [1.807, 2.05) is 30.3 Å². The Kier molecular flexibility index (Phi) is 9.49. The summed E-state index contributed by atoms with van der Waals surface area (Å²) >= 11 is 0. The van der Waals surface area contributed by atoms with Gasteiger partial charge < -0.3 is 24.5 Å². The quantitative estimate of drug-likeness (QED) is 0.342. The lowest BCUT2D eigenvalue weighted by atomic mass is 9.66. The van der Waals surface area contributed by atoms with Crippen molar-refractivity contribution in [3.8, 4) is 11.3 Å². The number of ether oxygens (including phenoxy) is 1. The van der Waals surface area contributed by atoms with Gasteiger partial charge in [-0.05, 0) is 57.7 Å². The van der Waals surface area contributed by atoms with Crippen molar-refractivity contribution in [2.75, 3.05) is 32.7 Å². The van der Waals surface area contributed by atoms with E-state index < -0.39 is 40.5 Å². The standard InChI is InChI=1S/C37H44F3N5O5/c1-34(2,3)50-33(48)42-19-20-45(30(22-42)27-11-13-28(14-12-27)37(38,39)40)32(47)43-18-17-36(49,35(23-43)15-7-8-16-35)24-44-25-41-29(21-31(44)46)26-9-5-4-6-10-26/h4-6,9-14,21,25,30,49H,7-8,15-20,22-24H2,1-3H3. The van der Waals surface area contributed by atoms with E-state index in [1.54, 1.807) is 30.6 Å². The van der Waals surface area contributed by atoms with E-state index in [2.05, 4.69) is 4.98 Å². The number of benzene rings is 2. The lowest BCUT2D eigenvalue weighted by molar-refractivity contribution is -0.138. The van der Waals surface area contributed by atoms with Crippen molar-refractivity contribution < 1.29 is 32.6 Å². The van der Waals surface area contributed by atoms with Crippen LogP contribution in [0.1, 0.15) is 70.0 Å². The second-order valence-corrected chi connectivity index (χ2v) is 14.8. The maximum atomic E-state index is 14.4. The predicted molar refractivity (Wildman–Crippen MR) is 180 cm³/mol. The van der Waals surface area contributed by atoms with Crippen LogP contribution in [0.2, 0.25) is 0 Å². The second-order valence-electron chi connectivity index (χ2n) is 14.8. The molecule has 2 aromatic carbocycles. The fraction of sp³-hybridized carbons (Fsp3) is 0.514. The van der Waals surface area contributed by atoms with Crippen molar-refractivity contribution >= 4 is 12.1 Å². The van der Waals surface area contributed by atoms with Gasteiger partial charge in [-0.2, -0.15) is 13.2 Å². The predicted octanol–water partition coefficient (Wildman–Crippen LogP) is 6.34. The van der Waals surface area contributed by atoms with E-state index in [-0.39, 0.29) is 57.3 Å². The highest BCUT2D eigenvalue weighted by molar-refractivity contribution is 5.76. The highest BCUT2D eigenvalue weighted by atomic mass is 19.4. The van der Waals surface area contributed by atoms with Gasteiger partial charge in [0.25, 0.3) is 5.56 Å². The first-order chi connectivity index (χ1) is 23.6. The first-order valence-corrected chi connectivity index (χ1v) is 17.1. The molecule has 13 heteroatoms. The van der Waals surface area contributed by atoms with Gasteiger partial charge in [-0.25, -0.2) is 14.6 Å². The average Bonchev–Trinajstić information content (AvgIpc) is 3.56. The molecule has 1 N–H and O–H groups in total. The van der Waals surface area contributed by atoms with E-state index in [1.165, 1.54) is 34.0 Å². The zero-order valence-corrected chi connectivity index (χ0v) is 28.7. The molecular formula is C37H44F3N5O5. The Morgan fingerprint density at radius 2 is 1.62 bits per heavy atom. The summed E-state index contributed by atoms with van der Waals surface area (Å²) in [5.41, 5.74) is -1.94. The van der Waals surface area contributed by atoms with Crippen LogP contribution in [0.25, 0.3) is 11.3 Å². The average molecular weight is 696 g/mol. The molecule has 3 amide bonds. The molecule has 50 heavy (non-hydrogen) atoms. The summed E-state index contributed by atoms with van der Waals surface area (Å²) in [6.45, 7) is 6.15. The number of nitrogens with zero attached hydrogens (tertiary/aromatic N) is 5. The van der Waals surface area contributed by atoms with Crippen LogP contribution in [0, 0.1) is 5.41 Å². The minimum Gasteiger partial charge on any atom is -0.444 e. The summed E-state index contributed by atoms with van der Waals surface area (Å²) in [5, 5.41) is 12.3. The number of aliphatic hydroxyl groups is 1. The maximum absolute atomic E-state index is 14.4. The molecule has 1 aliphatic carbocycles. The van der Waals surface area contributed by atoms with Crippen LogP contribution in [0.3, 0.4) is 0 Å². The Hall–Kier alpha value is -4.39. The van der Waals surface area contributed by atoms with Crippen LogP contribution in [0.15, 0.2) is 71.8 Å². The molecule has 3 aromatic rings. The zero-order chi connectivity index (χ0) is 35.9. The van der Waals surface area contributed by atoms with Crippen LogP contribution in [0.5, 0.6) is 0 Å². The van der Waals surface area contributed by atoms with Gasteiger partial charge in [-0.3, -0.25) is 9.36 Å². The molecule has 0 radical (unpaired) electrons. The van der Waals surface area contributed by atoms with E-state index in [9.17, 15) is 32.7 Å². The summed E-state index contributed by atoms with van der Waals surface area (Å²) in [6, 6.07) is 14.5. The molecule has 2 saturated heterocycles. The third-order valence-electron chi connectivity index (χ3n) is 10.4. The Balaban J connectivity index is 1.24. The van der Waals surface area contributed by atoms with E-state index in [4.69, 9.17) is 4.74 Å². The van der Waals surface area contributed by atoms with Gasteiger partial charge in [0.15, 0.2) is 0 Å². The van der Waals surface area contributed by atoms with E-state index in [0.29, 0.717) is 24.1 Å². The molecule has 2 atom stereocenters. The number of rotatable bonds is 4. The van der Waals surface area contributed by atoms with Gasteiger partial charge in [0.2, 0.25) is 0 Å². The first kappa shape index (κ1) is 35.4. The molecule has 1 spiro atoms. The molecule has 0 bridgehead atoms. The zero-order valence-electron chi connectivity index (χ0n) is 28.7. The molecule has 3 fully saturated rings. The first-order valence-electron chi connectivity index (χ1n) is 17.1.